The molecule has 0 heterocycles. The summed E-state index contributed by atoms with van der Waals surface area (Å²) in [6.45, 7) is 7.30. The second-order valence-electron chi connectivity index (χ2n) is 7.26. The molecular formula is C20H26ClNO5S. The summed E-state index contributed by atoms with van der Waals surface area (Å²) in [4.78, 5) is 11.6. The van der Waals surface area contributed by atoms with Gasteiger partial charge in [0.05, 0.1) is 4.90 Å². The molecule has 0 radical (unpaired) electrons. The molecule has 0 unspecified atom stereocenters. The van der Waals surface area contributed by atoms with Crippen molar-refractivity contribution in [1.82, 2.24) is 0 Å². The van der Waals surface area contributed by atoms with E-state index in [-0.39, 0.29) is 10.9 Å². The van der Waals surface area contributed by atoms with E-state index in [1.807, 2.05) is 39.8 Å². The van der Waals surface area contributed by atoms with Gasteiger partial charge in [-0.3, -0.25) is 9.35 Å². The van der Waals surface area contributed by atoms with Gasteiger partial charge in [0.2, 0.25) is 0 Å². The van der Waals surface area contributed by atoms with Gasteiger partial charge in [-0.15, -0.1) is 0 Å². The number of benzene rings is 2. The van der Waals surface area contributed by atoms with E-state index in [2.05, 4.69) is 0 Å². The molecule has 0 aromatic heterocycles. The molecule has 6 nitrogen and oxygen atoms in total. The van der Waals surface area contributed by atoms with Gasteiger partial charge in [-0.05, 0) is 63.9 Å². The third-order valence-corrected chi connectivity index (χ3v) is 4.52. The number of rotatable bonds is 4. The molecule has 0 saturated heterocycles. The zero-order chi connectivity index (χ0) is 21.5. The standard InChI is InChI=1S/C13H18ClNO2.C7H8O3S/c1-13(2,3)17-12(16)11(15)8-9-4-6-10(14)7-5-9;1-6-2-4-7(5-3-6)11(8,9)10/h4-7,11H,8,15H2,1-3H3;2-5H,1H3,(H,8,9,10)/t11-;/m0./s1. The highest BCUT2D eigenvalue weighted by atomic mass is 35.5. The minimum Gasteiger partial charge on any atom is -0.459 e. The molecule has 0 bridgehead atoms. The molecule has 28 heavy (non-hydrogen) atoms. The highest BCUT2D eigenvalue weighted by Gasteiger charge is 2.22. The van der Waals surface area contributed by atoms with Crippen molar-refractivity contribution in [2.24, 2.45) is 5.73 Å². The molecule has 0 aliphatic carbocycles. The van der Waals surface area contributed by atoms with Gasteiger partial charge in [0.1, 0.15) is 11.6 Å². The minimum absolute atomic E-state index is 0.0666. The van der Waals surface area contributed by atoms with Gasteiger partial charge in [-0.2, -0.15) is 8.42 Å². The number of halogens is 1. The van der Waals surface area contributed by atoms with E-state index < -0.39 is 21.8 Å². The SMILES string of the molecule is CC(C)(C)OC(=O)[C@@H](N)Cc1ccc(Cl)cc1.Cc1ccc(S(=O)(=O)O)cc1. The van der Waals surface area contributed by atoms with Crippen LogP contribution in [0.25, 0.3) is 0 Å². The third kappa shape index (κ3) is 9.32. The molecule has 154 valence electrons. The van der Waals surface area contributed by atoms with Crippen LogP contribution in [0.2, 0.25) is 5.02 Å². The summed E-state index contributed by atoms with van der Waals surface area (Å²) in [5, 5.41) is 0.666. The fourth-order valence-corrected chi connectivity index (χ4v) is 2.65. The Morgan fingerprint density at radius 2 is 1.61 bits per heavy atom. The highest BCUT2D eigenvalue weighted by Crippen LogP contribution is 2.13. The van der Waals surface area contributed by atoms with Gasteiger partial charge in [-0.1, -0.05) is 41.4 Å². The van der Waals surface area contributed by atoms with Gasteiger partial charge in [0.25, 0.3) is 10.1 Å². The molecule has 8 heteroatoms. The summed E-state index contributed by atoms with van der Waals surface area (Å²) in [6.07, 6.45) is 0.450. The maximum Gasteiger partial charge on any atom is 0.323 e. The molecule has 0 aliphatic heterocycles. The summed E-state index contributed by atoms with van der Waals surface area (Å²) in [7, 11) is -4.02. The fraction of sp³-hybridized carbons (Fsp3) is 0.350. The predicted octanol–water partition coefficient (Wildman–Crippen LogP) is 3.79. The van der Waals surface area contributed by atoms with E-state index in [0.29, 0.717) is 11.4 Å². The molecule has 0 aliphatic rings. The summed E-state index contributed by atoms with van der Waals surface area (Å²) >= 11 is 5.78. The summed E-state index contributed by atoms with van der Waals surface area (Å²) < 4.78 is 34.8. The second-order valence-corrected chi connectivity index (χ2v) is 9.12. The van der Waals surface area contributed by atoms with Crippen molar-refractivity contribution in [3.05, 3.63) is 64.7 Å². The van der Waals surface area contributed by atoms with Crippen LogP contribution in [0.15, 0.2) is 53.4 Å². The number of hydrogen-bond donors (Lipinski definition) is 2. The maximum atomic E-state index is 11.7. The number of nitrogens with two attached hydrogens (primary N) is 1. The Kier molecular flexibility index (Phi) is 8.63. The molecule has 2 aromatic carbocycles. The molecule has 2 aromatic rings. The van der Waals surface area contributed by atoms with E-state index in [0.717, 1.165) is 11.1 Å². The minimum atomic E-state index is -4.02. The Morgan fingerprint density at radius 3 is 2.04 bits per heavy atom. The molecule has 0 amide bonds. The summed E-state index contributed by atoms with van der Waals surface area (Å²) in [5.41, 5.74) is 7.20. The Hall–Kier alpha value is -1.93. The smallest absolute Gasteiger partial charge is 0.323 e. The average Bonchev–Trinajstić information content (AvgIpc) is 2.55. The molecule has 1 atom stereocenters. The van der Waals surface area contributed by atoms with Gasteiger partial charge in [0, 0.05) is 5.02 Å². The first-order valence-electron chi connectivity index (χ1n) is 8.55. The zero-order valence-electron chi connectivity index (χ0n) is 16.3. The van der Waals surface area contributed by atoms with Gasteiger partial charge in [-0.25, -0.2) is 0 Å². The number of carbonyl (C=O) groups is 1. The lowest BCUT2D eigenvalue weighted by molar-refractivity contribution is -0.156. The van der Waals surface area contributed by atoms with Crippen LogP contribution in [0.5, 0.6) is 0 Å². The topological polar surface area (TPSA) is 107 Å². The quantitative estimate of drug-likeness (QED) is 0.567. The van der Waals surface area contributed by atoms with Crippen molar-refractivity contribution in [1.29, 1.82) is 0 Å². The first-order valence-corrected chi connectivity index (χ1v) is 10.4. The van der Waals surface area contributed by atoms with Crippen molar-refractivity contribution in [2.45, 2.75) is 50.7 Å². The molecule has 3 N–H and O–H groups in total. The van der Waals surface area contributed by atoms with Crippen LogP contribution in [-0.2, 0) is 26.1 Å². The first-order chi connectivity index (χ1) is 12.8. The number of ether oxygens (including phenoxy) is 1. The predicted molar refractivity (Wildman–Crippen MR) is 110 cm³/mol. The van der Waals surface area contributed by atoms with Crippen LogP contribution in [-0.4, -0.2) is 30.6 Å². The van der Waals surface area contributed by atoms with Crippen LogP contribution in [0, 0.1) is 6.92 Å². The lowest BCUT2D eigenvalue weighted by Crippen LogP contribution is -2.38. The molecular weight excluding hydrogens is 402 g/mol. The lowest BCUT2D eigenvalue weighted by atomic mass is 10.1. The van der Waals surface area contributed by atoms with Crippen molar-refractivity contribution >= 4 is 27.7 Å². The normalized spacial score (nSPS) is 12.5. The number of hydrogen-bond acceptors (Lipinski definition) is 5. The Bertz CT molecular complexity index is 872. The largest absolute Gasteiger partial charge is 0.459 e. The third-order valence-electron chi connectivity index (χ3n) is 3.40. The first kappa shape index (κ1) is 24.1. The van der Waals surface area contributed by atoms with Gasteiger partial charge in [0.15, 0.2) is 0 Å². The Labute approximate surface area is 171 Å². The van der Waals surface area contributed by atoms with Crippen molar-refractivity contribution < 1.29 is 22.5 Å². The second kappa shape index (κ2) is 10.0. The maximum absolute atomic E-state index is 11.7. The molecule has 0 fully saturated rings. The Morgan fingerprint density at radius 1 is 1.11 bits per heavy atom. The van der Waals surface area contributed by atoms with E-state index >= 15 is 0 Å². The lowest BCUT2D eigenvalue weighted by Gasteiger charge is -2.22. The van der Waals surface area contributed by atoms with E-state index in [1.165, 1.54) is 12.1 Å². The van der Waals surface area contributed by atoms with Crippen molar-refractivity contribution in [3.63, 3.8) is 0 Å². The molecule has 0 saturated carbocycles. The van der Waals surface area contributed by atoms with Crippen molar-refractivity contribution in [3.8, 4) is 0 Å². The average molecular weight is 428 g/mol. The Balaban J connectivity index is 0.000000307. The van der Waals surface area contributed by atoms with E-state index in [9.17, 15) is 13.2 Å². The monoisotopic (exact) mass is 427 g/mol. The number of aryl methyl sites for hydroxylation is 1. The zero-order valence-corrected chi connectivity index (χ0v) is 17.9. The van der Waals surface area contributed by atoms with Gasteiger partial charge >= 0.3 is 5.97 Å². The highest BCUT2D eigenvalue weighted by molar-refractivity contribution is 7.85. The van der Waals surface area contributed by atoms with Crippen LogP contribution >= 0.6 is 11.6 Å². The van der Waals surface area contributed by atoms with Crippen LogP contribution in [0.3, 0.4) is 0 Å². The van der Waals surface area contributed by atoms with Crippen LogP contribution in [0.1, 0.15) is 31.9 Å². The molecule has 0 spiro atoms. The number of carbonyl (C=O) groups excluding carboxylic acids is 1. The molecule has 2 rings (SSSR count). The summed E-state index contributed by atoms with van der Waals surface area (Å²) in [5.74, 6) is -0.382. The van der Waals surface area contributed by atoms with Crippen LogP contribution < -0.4 is 5.73 Å². The van der Waals surface area contributed by atoms with E-state index in [1.54, 1.807) is 24.3 Å². The van der Waals surface area contributed by atoms with E-state index in [4.69, 9.17) is 26.6 Å². The fourth-order valence-electron chi connectivity index (χ4n) is 2.05. The van der Waals surface area contributed by atoms with Gasteiger partial charge < -0.3 is 10.5 Å². The van der Waals surface area contributed by atoms with Crippen molar-refractivity contribution in [2.75, 3.05) is 0 Å². The van der Waals surface area contributed by atoms with Crippen LogP contribution in [0.4, 0.5) is 0 Å². The summed E-state index contributed by atoms with van der Waals surface area (Å²) in [6, 6.07) is 12.6. The number of esters is 1.